The van der Waals surface area contributed by atoms with Crippen molar-refractivity contribution < 1.29 is 4.74 Å². The molecular weight excluding hydrogens is 342 g/mol. The number of aromatic amines is 1. The van der Waals surface area contributed by atoms with Gasteiger partial charge in [0.15, 0.2) is 5.43 Å². The normalized spacial score (nSPS) is 11.2. The van der Waals surface area contributed by atoms with Crippen LogP contribution in [0.3, 0.4) is 0 Å². The van der Waals surface area contributed by atoms with Gasteiger partial charge in [0.25, 0.3) is 0 Å². The Morgan fingerprint density at radius 3 is 2.73 bits per heavy atom. The van der Waals surface area contributed by atoms with Gasteiger partial charge in [-0.15, -0.1) is 0 Å². The van der Waals surface area contributed by atoms with Crippen molar-refractivity contribution in [1.82, 2.24) is 4.98 Å². The summed E-state index contributed by atoms with van der Waals surface area (Å²) in [6.45, 7) is 0. The second-order valence-corrected chi connectivity index (χ2v) is 5.77. The van der Waals surface area contributed by atoms with E-state index in [4.69, 9.17) is 4.74 Å². The summed E-state index contributed by atoms with van der Waals surface area (Å²) in [4.78, 5) is 15.4. The molecule has 3 nitrogen and oxygen atoms in total. The van der Waals surface area contributed by atoms with E-state index in [1.807, 2.05) is 54.6 Å². The molecule has 3 aromatic rings. The molecule has 0 amide bonds. The first kappa shape index (κ1) is 14.6. The minimum absolute atomic E-state index is 0.00945. The number of methoxy groups -OCH3 is 1. The molecule has 0 atom stereocenters. The smallest absolute Gasteiger partial charge is 0.189 e. The predicted molar refractivity (Wildman–Crippen MR) is 94.2 cm³/mol. The topological polar surface area (TPSA) is 42.1 Å². The third-order valence-electron chi connectivity index (χ3n) is 3.39. The largest absolute Gasteiger partial charge is 0.496 e. The first-order valence-electron chi connectivity index (χ1n) is 6.81. The summed E-state index contributed by atoms with van der Waals surface area (Å²) in [5, 5.41) is 0.694. The van der Waals surface area contributed by atoms with Crippen LogP contribution >= 0.6 is 15.9 Å². The molecule has 0 radical (unpaired) electrons. The van der Waals surface area contributed by atoms with E-state index in [0.29, 0.717) is 5.39 Å². The van der Waals surface area contributed by atoms with E-state index in [1.54, 1.807) is 13.2 Å². The Hall–Kier alpha value is -2.33. The molecule has 0 unspecified atom stereocenters. The molecule has 0 aliphatic carbocycles. The van der Waals surface area contributed by atoms with E-state index in [2.05, 4.69) is 20.9 Å². The van der Waals surface area contributed by atoms with Crippen LogP contribution in [0.2, 0.25) is 0 Å². The molecule has 3 rings (SSSR count). The second kappa shape index (κ2) is 6.20. The van der Waals surface area contributed by atoms with Gasteiger partial charge in [-0.2, -0.15) is 0 Å². The lowest BCUT2D eigenvalue weighted by molar-refractivity contribution is 0.414. The Kier molecular flexibility index (Phi) is 4.11. The number of pyridine rings is 1. The molecule has 1 N–H and O–H groups in total. The fourth-order valence-corrected chi connectivity index (χ4v) is 2.70. The number of benzene rings is 2. The summed E-state index contributed by atoms with van der Waals surface area (Å²) < 4.78 is 6.31. The lowest BCUT2D eigenvalue weighted by atomic mass is 10.1. The van der Waals surface area contributed by atoms with Gasteiger partial charge in [-0.3, -0.25) is 4.79 Å². The van der Waals surface area contributed by atoms with Gasteiger partial charge in [0.2, 0.25) is 0 Å². The average Bonchev–Trinajstić information content (AvgIpc) is 2.53. The monoisotopic (exact) mass is 355 g/mol. The Labute approximate surface area is 136 Å². The molecule has 0 aliphatic rings. The van der Waals surface area contributed by atoms with Crippen LogP contribution in [0.25, 0.3) is 23.1 Å². The van der Waals surface area contributed by atoms with Crippen LogP contribution in [0.5, 0.6) is 5.75 Å². The number of para-hydroxylation sites is 1. The number of fused-ring (bicyclic) bond motifs is 1. The lowest BCUT2D eigenvalue weighted by Gasteiger charge is -2.05. The van der Waals surface area contributed by atoms with Gasteiger partial charge in [0.05, 0.1) is 7.11 Å². The highest BCUT2D eigenvalue weighted by Crippen LogP contribution is 2.24. The zero-order valence-corrected chi connectivity index (χ0v) is 13.6. The molecule has 110 valence electrons. The molecule has 1 heterocycles. The molecule has 0 spiro atoms. The number of nitrogens with one attached hydrogen (secondary N) is 1. The molecule has 1 aromatic heterocycles. The summed E-state index contributed by atoms with van der Waals surface area (Å²) in [6, 6.07) is 14.9. The number of H-pyrrole nitrogens is 1. The van der Waals surface area contributed by atoms with Crippen molar-refractivity contribution in [2.75, 3.05) is 7.11 Å². The number of halogens is 1. The van der Waals surface area contributed by atoms with Crippen LogP contribution in [0.4, 0.5) is 0 Å². The van der Waals surface area contributed by atoms with Crippen molar-refractivity contribution in [2.24, 2.45) is 0 Å². The highest BCUT2D eigenvalue weighted by atomic mass is 79.9. The standard InChI is InChI=1S/C18H14BrNO2/c1-22-18-9-7-13(19)10-12(18)6-8-14-11-17(21)15-4-2-3-5-16(15)20-14/h2-11H,1H3,(H,20,21)/b8-6+. The second-order valence-electron chi connectivity index (χ2n) is 4.85. The summed E-state index contributed by atoms with van der Waals surface area (Å²) >= 11 is 3.45. The summed E-state index contributed by atoms with van der Waals surface area (Å²) in [6.07, 6.45) is 3.79. The minimum atomic E-state index is 0.00945. The Morgan fingerprint density at radius 2 is 1.91 bits per heavy atom. The van der Waals surface area contributed by atoms with Gasteiger partial charge in [-0.05, 0) is 42.5 Å². The third kappa shape index (κ3) is 2.97. The molecule has 2 aromatic carbocycles. The van der Waals surface area contributed by atoms with Gasteiger partial charge < -0.3 is 9.72 Å². The maximum absolute atomic E-state index is 12.1. The van der Waals surface area contributed by atoms with E-state index in [9.17, 15) is 4.79 Å². The van der Waals surface area contributed by atoms with E-state index in [-0.39, 0.29) is 5.43 Å². The van der Waals surface area contributed by atoms with Crippen LogP contribution in [-0.2, 0) is 0 Å². The highest BCUT2D eigenvalue weighted by molar-refractivity contribution is 9.10. The summed E-state index contributed by atoms with van der Waals surface area (Å²) in [5.74, 6) is 0.780. The maximum atomic E-state index is 12.1. The molecule has 0 saturated carbocycles. The van der Waals surface area contributed by atoms with Crippen LogP contribution in [0.15, 0.2) is 57.8 Å². The quantitative estimate of drug-likeness (QED) is 0.752. The number of ether oxygens (including phenoxy) is 1. The van der Waals surface area contributed by atoms with Crippen LogP contribution in [-0.4, -0.2) is 12.1 Å². The predicted octanol–water partition coefficient (Wildman–Crippen LogP) is 4.47. The Balaban J connectivity index is 2.03. The molecule has 0 fully saturated rings. The van der Waals surface area contributed by atoms with Gasteiger partial charge in [-0.25, -0.2) is 0 Å². The van der Waals surface area contributed by atoms with Crippen molar-refractivity contribution in [3.63, 3.8) is 0 Å². The zero-order chi connectivity index (χ0) is 15.5. The molecular formula is C18H14BrNO2. The van der Waals surface area contributed by atoms with Crippen LogP contribution in [0, 0.1) is 0 Å². The number of aromatic nitrogens is 1. The fraction of sp³-hybridized carbons (Fsp3) is 0.0556. The van der Waals surface area contributed by atoms with Crippen molar-refractivity contribution >= 4 is 39.0 Å². The van der Waals surface area contributed by atoms with E-state index in [1.165, 1.54) is 0 Å². The van der Waals surface area contributed by atoms with Gasteiger partial charge in [0, 0.05) is 32.7 Å². The summed E-state index contributed by atoms with van der Waals surface area (Å²) in [5.41, 5.74) is 2.53. The first-order chi connectivity index (χ1) is 10.7. The Bertz CT molecular complexity index is 912. The fourth-order valence-electron chi connectivity index (χ4n) is 2.32. The SMILES string of the molecule is COc1ccc(Br)cc1/C=C/c1cc(=O)c2ccccc2[nH]1. The zero-order valence-electron chi connectivity index (χ0n) is 12.0. The number of hydrogen-bond donors (Lipinski definition) is 1. The molecule has 4 heteroatoms. The number of rotatable bonds is 3. The van der Waals surface area contributed by atoms with Gasteiger partial charge in [-0.1, -0.05) is 28.1 Å². The highest BCUT2D eigenvalue weighted by Gasteiger charge is 2.02. The van der Waals surface area contributed by atoms with Crippen molar-refractivity contribution in [3.8, 4) is 5.75 Å². The van der Waals surface area contributed by atoms with E-state index >= 15 is 0 Å². The van der Waals surface area contributed by atoms with Crippen molar-refractivity contribution in [3.05, 3.63) is 74.5 Å². The van der Waals surface area contributed by atoms with Gasteiger partial charge in [0.1, 0.15) is 5.75 Å². The van der Waals surface area contributed by atoms with Crippen LogP contribution < -0.4 is 10.2 Å². The molecule has 0 saturated heterocycles. The minimum Gasteiger partial charge on any atom is -0.496 e. The van der Waals surface area contributed by atoms with E-state index < -0.39 is 0 Å². The van der Waals surface area contributed by atoms with Crippen molar-refractivity contribution in [1.29, 1.82) is 0 Å². The third-order valence-corrected chi connectivity index (χ3v) is 3.89. The first-order valence-corrected chi connectivity index (χ1v) is 7.60. The molecule has 0 bridgehead atoms. The van der Waals surface area contributed by atoms with E-state index in [0.717, 1.165) is 27.0 Å². The summed E-state index contributed by atoms with van der Waals surface area (Å²) in [7, 11) is 1.64. The maximum Gasteiger partial charge on any atom is 0.189 e. The van der Waals surface area contributed by atoms with Crippen molar-refractivity contribution in [2.45, 2.75) is 0 Å². The average molecular weight is 356 g/mol. The molecule has 0 aliphatic heterocycles. The lowest BCUT2D eigenvalue weighted by Crippen LogP contribution is -2.02. The molecule has 22 heavy (non-hydrogen) atoms. The van der Waals surface area contributed by atoms with Gasteiger partial charge >= 0.3 is 0 Å². The Morgan fingerprint density at radius 1 is 1.09 bits per heavy atom. The van der Waals surface area contributed by atoms with Crippen LogP contribution in [0.1, 0.15) is 11.3 Å². The number of hydrogen-bond acceptors (Lipinski definition) is 2.